The Morgan fingerprint density at radius 3 is 2.75 bits per heavy atom. The molecule has 0 bridgehead atoms. The summed E-state index contributed by atoms with van der Waals surface area (Å²) in [6.45, 7) is 4.91. The Bertz CT molecular complexity index is 120. The lowest BCUT2D eigenvalue weighted by Crippen LogP contribution is -1.89. The zero-order chi connectivity index (χ0) is 6.41. The van der Waals surface area contributed by atoms with E-state index in [1.165, 1.54) is 6.21 Å². The van der Waals surface area contributed by atoms with E-state index in [0.717, 1.165) is 0 Å². The van der Waals surface area contributed by atoms with Gasteiger partial charge in [-0.2, -0.15) is 10.2 Å². The van der Waals surface area contributed by atoms with E-state index in [-0.39, 0.29) is 0 Å². The van der Waals surface area contributed by atoms with Crippen molar-refractivity contribution < 1.29 is 0 Å². The third-order valence-corrected chi connectivity index (χ3v) is 0.486. The van der Waals surface area contributed by atoms with Crippen LogP contribution in [-0.2, 0) is 0 Å². The van der Waals surface area contributed by atoms with Crippen LogP contribution in [0.15, 0.2) is 22.0 Å². The van der Waals surface area contributed by atoms with Gasteiger partial charge in [0.05, 0.1) is 6.21 Å². The highest BCUT2D eigenvalue weighted by atomic mass is 15.2. The Morgan fingerprint density at radius 2 is 2.38 bits per heavy atom. The van der Waals surface area contributed by atoms with Crippen molar-refractivity contribution in [2.75, 3.05) is 0 Å². The molecular formula is C5H9N3. The minimum Gasteiger partial charge on any atom is -0.402 e. The van der Waals surface area contributed by atoms with E-state index in [4.69, 9.17) is 5.73 Å². The van der Waals surface area contributed by atoms with Gasteiger partial charge in [-0.15, -0.1) is 0 Å². The Morgan fingerprint density at radius 1 is 1.75 bits per heavy atom. The molecule has 2 N–H and O–H groups in total. The summed E-state index contributed by atoms with van der Waals surface area (Å²) in [5.74, 6) is 0. The van der Waals surface area contributed by atoms with Crippen molar-refractivity contribution in [1.29, 1.82) is 0 Å². The predicted molar refractivity (Wildman–Crippen MR) is 36.0 cm³/mol. The normalized spacial score (nSPS) is 12.4. The van der Waals surface area contributed by atoms with Crippen LogP contribution >= 0.6 is 0 Å². The highest BCUT2D eigenvalue weighted by Gasteiger charge is 1.67. The van der Waals surface area contributed by atoms with Crippen molar-refractivity contribution in [2.24, 2.45) is 15.9 Å². The SMILES string of the molecule is C=N/N=C\C=C(/C)N. The molecule has 0 rings (SSSR count). The van der Waals surface area contributed by atoms with Gasteiger partial charge in [0.2, 0.25) is 0 Å². The van der Waals surface area contributed by atoms with Crippen molar-refractivity contribution in [3.8, 4) is 0 Å². The van der Waals surface area contributed by atoms with E-state index >= 15 is 0 Å². The van der Waals surface area contributed by atoms with Gasteiger partial charge in [0, 0.05) is 12.4 Å². The first-order valence-electron chi connectivity index (χ1n) is 2.19. The fraction of sp³-hybridized carbons (Fsp3) is 0.200. The maximum atomic E-state index is 5.24. The lowest BCUT2D eigenvalue weighted by Gasteiger charge is -1.79. The van der Waals surface area contributed by atoms with Crippen LogP contribution in [0, 0.1) is 0 Å². The highest BCUT2D eigenvalue weighted by Crippen LogP contribution is 1.74. The number of rotatable bonds is 2. The molecule has 0 aliphatic carbocycles. The largest absolute Gasteiger partial charge is 0.402 e. The van der Waals surface area contributed by atoms with Crippen molar-refractivity contribution in [3.05, 3.63) is 11.8 Å². The van der Waals surface area contributed by atoms with Crippen molar-refractivity contribution in [3.63, 3.8) is 0 Å². The van der Waals surface area contributed by atoms with Crippen molar-refractivity contribution in [1.82, 2.24) is 0 Å². The van der Waals surface area contributed by atoms with Gasteiger partial charge >= 0.3 is 0 Å². The van der Waals surface area contributed by atoms with Gasteiger partial charge in [-0.25, -0.2) is 0 Å². The fourth-order valence-corrected chi connectivity index (χ4v) is 0.198. The second-order valence-electron chi connectivity index (χ2n) is 1.32. The summed E-state index contributed by atoms with van der Waals surface area (Å²) in [7, 11) is 0. The van der Waals surface area contributed by atoms with Crippen LogP contribution in [0.25, 0.3) is 0 Å². The molecule has 8 heavy (non-hydrogen) atoms. The third-order valence-electron chi connectivity index (χ3n) is 0.486. The molecule has 0 aromatic rings. The first kappa shape index (κ1) is 6.88. The minimum absolute atomic E-state index is 0.706. The summed E-state index contributed by atoms with van der Waals surface area (Å²) >= 11 is 0. The molecule has 0 unspecified atom stereocenters. The fourth-order valence-electron chi connectivity index (χ4n) is 0.198. The summed E-state index contributed by atoms with van der Waals surface area (Å²) in [5, 5.41) is 6.67. The summed E-state index contributed by atoms with van der Waals surface area (Å²) < 4.78 is 0. The Kier molecular flexibility index (Phi) is 3.48. The lowest BCUT2D eigenvalue weighted by molar-refractivity contribution is 1.27. The second-order valence-corrected chi connectivity index (χ2v) is 1.32. The maximum absolute atomic E-state index is 5.24. The summed E-state index contributed by atoms with van der Waals surface area (Å²) in [4.78, 5) is 0. The Hall–Kier alpha value is -1.12. The van der Waals surface area contributed by atoms with Crippen molar-refractivity contribution in [2.45, 2.75) is 6.92 Å². The molecule has 3 heteroatoms. The highest BCUT2D eigenvalue weighted by molar-refractivity contribution is 5.71. The molecule has 0 amide bonds. The molecule has 0 spiro atoms. The molecule has 0 saturated carbocycles. The average molecular weight is 111 g/mol. The summed E-state index contributed by atoms with van der Waals surface area (Å²) in [6, 6.07) is 0. The van der Waals surface area contributed by atoms with Gasteiger partial charge in [-0.05, 0) is 13.0 Å². The van der Waals surface area contributed by atoms with E-state index in [9.17, 15) is 0 Å². The number of hydrogen-bond acceptors (Lipinski definition) is 3. The molecule has 0 radical (unpaired) electrons. The maximum Gasteiger partial charge on any atom is 0.0512 e. The number of nitrogens with zero attached hydrogens (tertiary/aromatic N) is 2. The zero-order valence-corrected chi connectivity index (χ0v) is 4.83. The van der Waals surface area contributed by atoms with E-state index in [0.29, 0.717) is 5.70 Å². The van der Waals surface area contributed by atoms with Gasteiger partial charge < -0.3 is 5.73 Å². The van der Waals surface area contributed by atoms with E-state index in [1.54, 1.807) is 13.0 Å². The van der Waals surface area contributed by atoms with Crippen LogP contribution in [0.1, 0.15) is 6.92 Å². The third kappa shape index (κ3) is 4.88. The van der Waals surface area contributed by atoms with Gasteiger partial charge in [-0.1, -0.05) is 0 Å². The quantitative estimate of drug-likeness (QED) is 0.410. The molecule has 0 heterocycles. The standard InChI is InChI=1S/C5H9N3/c1-5(6)3-4-8-7-2/h3-4H,2,6H2,1H3/b5-3+,8-4-. The second kappa shape index (κ2) is 4.05. The Labute approximate surface area is 48.6 Å². The van der Waals surface area contributed by atoms with Crippen LogP contribution < -0.4 is 5.73 Å². The van der Waals surface area contributed by atoms with Crippen LogP contribution in [0.5, 0.6) is 0 Å². The van der Waals surface area contributed by atoms with Crippen LogP contribution in [0.2, 0.25) is 0 Å². The molecule has 0 aromatic heterocycles. The molecule has 0 aromatic carbocycles. The average Bonchev–Trinajstić information content (AvgIpc) is 1.66. The van der Waals surface area contributed by atoms with Gasteiger partial charge in [-0.3, -0.25) is 0 Å². The van der Waals surface area contributed by atoms with Crippen molar-refractivity contribution >= 4 is 12.9 Å². The zero-order valence-electron chi connectivity index (χ0n) is 4.83. The van der Waals surface area contributed by atoms with Gasteiger partial charge in [0.15, 0.2) is 0 Å². The van der Waals surface area contributed by atoms with Crippen LogP contribution in [0.3, 0.4) is 0 Å². The summed E-state index contributed by atoms with van der Waals surface area (Å²) in [5.41, 5.74) is 5.95. The number of nitrogens with two attached hydrogens (primary N) is 1. The predicted octanol–water partition coefficient (Wildman–Crippen LogP) is 0.535. The lowest BCUT2D eigenvalue weighted by atomic mass is 10.5. The number of hydrogen-bond donors (Lipinski definition) is 1. The molecule has 0 fully saturated rings. The molecule has 44 valence electrons. The molecule has 0 aliphatic rings. The minimum atomic E-state index is 0.706. The molecule has 0 atom stereocenters. The molecule has 0 aliphatic heterocycles. The molecular weight excluding hydrogens is 102 g/mol. The first-order chi connectivity index (χ1) is 3.77. The van der Waals surface area contributed by atoms with E-state index < -0.39 is 0 Å². The smallest absolute Gasteiger partial charge is 0.0512 e. The van der Waals surface area contributed by atoms with E-state index in [2.05, 4.69) is 16.9 Å². The topological polar surface area (TPSA) is 50.7 Å². The van der Waals surface area contributed by atoms with Gasteiger partial charge in [0.25, 0.3) is 0 Å². The van der Waals surface area contributed by atoms with E-state index in [1.807, 2.05) is 0 Å². The number of allylic oxidation sites excluding steroid dienone is 2. The molecule has 0 saturated heterocycles. The summed E-state index contributed by atoms with van der Waals surface area (Å²) in [6.07, 6.45) is 3.14. The van der Waals surface area contributed by atoms with Gasteiger partial charge in [0.1, 0.15) is 0 Å². The van der Waals surface area contributed by atoms with Crippen LogP contribution in [0.4, 0.5) is 0 Å². The monoisotopic (exact) mass is 111 g/mol. The Balaban J connectivity index is 3.57. The first-order valence-corrected chi connectivity index (χ1v) is 2.19. The van der Waals surface area contributed by atoms with Crippen LogP contribution in [-0.4, -0.2) is 12.9 Å². The molecule has 3 nitrogen and oxygen atoms in total.